The Bertz CT molecular complexity index is 556. The van der Waals surface area contributed by atoms with E-state index in [1.807, 2.05) is 4.90 Å². The van der Waals surface area contributed by atoms with E-state index in [0.29, 0.717) is 50.7 Å². The van der Waals surface area contributed by atoms with Crippen LogP contribution in [0.5, 0.6) is 0 Å². The molecule has 0 aromatic heterocycles. The molecule has 2 saturated heterocycles. The predicted octanol–water partition coefficient (Wildman–Crippen LogP) is 1.66. The van der Waals surface area contributed by atoms with Crippen molar-refractivity contribution < 1.29 is 19.1 Å². The first-order chi connectivity index (χ1) is 13.2. The molecule has 2 aliphatic heterocycles. The highest BCUT2D eigenvalue weighted by Crippen LogP contribution is 2.23. The smallest absolute Gasteiger partial charge is 0.308 e. The fourth-order valence-corrected chi connectivity index (χ4v) is 4.24. The Morgan fingerprint density at radius 2 is 1.75 bits per heavy atom. The number of hydrogen-bond acceptors (Lipinski definition) is 5. The maximum Gasteiger partial charge on any atom is 0.308 e. The molecule has 160 valence electrons. The van der Waals surface area contributed by atoms with Crippen LogP contribution in [-0.4, -0.2) is 73.0 Å². The van der Waals surface area contributed by atoms with Gasteiger partial charge in [0.25, 0.3) is 0 Å². The first kappa shape index (κ1) is 22.7. The van der Waals surface area contributed by atoms with Crippen molar-refractivity contribution in [1.82, 2.24) is 15.1 Å². The number of nitrogens with one attached hydrogen (secondary N) is 1. The fourth-order valence-electron chi connectivity index (χ4n) is 4.24. The quantitative estimate of drug-likeness (QED) is 0.663. The zero-order chi connectivity index (χ0) is 20.8. The minimum absolute atomic E-state index is 0.0237. The first-order valence-corrected chi connectivity index (χ1v) is 10.6. The van der Waals surface area contributed by atoms with Gasteiger partial charge in [0.2, 0.25) is 11.8 Å². The monoisotopic (exact) mass is 395 g/mol. The van der Waals surface area contributed by atoms with Gasteiger partial charge < -0.3 is 19.9 Å². The normalized spacial score (nSPS) is 22.7. The number of ether oxygens (including phenoxy) is 1. The molecule has 7 nitrogen and oxygen atoms in total. The first-order valence-electron chi connectivity index (χ1n) is 10.6. The Balaban J connectivity index is 2.09. The molecule has 2 rings (SSSR count). The van der Waals surface area contributed by atoms with Crippen molar-refractivity contribution in [2.45, 2.75) is 65.5 Å². The lowest BCUT2D eigenvalue weighted by Crippen LogP contribution is -2.62. The summed E-state index contributed by atoms with van der Waals surface area (Å²) in [6, 6.07) is -0.625. The highest BCUT2D eigenvalue weighted by atomic mass is 16.5. The van der Waals surface area contributed by atoms with E-state index in [-0.39, 0.29) is 29.7 Å². The summed E-state index contributed by atoms with van der Waals surface area (Å²) in [5.41, 5.74) is 0. The van der Waals surface area contributed by atoms with E-state index in [9.17, 15) is 14.4 Å². The van der Waals surface area contributed by atoms with Crippen molar-refractivity contribution in [1.29, 1.82) is 0 Å². The van der Waals surface area contributed by atoms with Crippen LogP contribution >= 0.6 is 0 Å². The summed E-state index contributed by atoms with van der Waals surface area (Å²) in [7, 11) is 1.40. The van der Waals surface area contributed by atoms with Crippen LogP contribution < -0.4 is 5.32 Å². The molecule has 0 radical (unpaired) electrons. The lowest BCUT2D eigenvalue weighted by Gasteiger charge is -2.42. The topological polar surface area (TPSA) is 79.0 Å². The maximum atomic E-state index is 13.3. The second-order valence-corrected chi connectivity index (χ2v) is 8.94. The molecule has 0 aromatic rings. The Kier molecular flexibility index (Phi) is 8.28. The zero-order valence-corrected chi connectivity index (χ0v) is 18.1. The SMILES string of the molecule is COC(=O)C1CCN(C(=O)C(CC(C)C)N2CCN[C@@H](CC(C)C)C2=O)CC1. The molecular weight excluding hydrogens is 358 g/mol. The van der Waals surface area contributed by atoms with Crippen LogP contribution in [0.25, 0.3) is 0 Å². The molecule has 28 heavy (non-hydrogen) atoms. The van der Waals surface area contributed by atoms with Crippen LogP contribution in [0.1, 0.15) is 53.4 Å². The molecule has 0 spiro atoms. The molecular formula is C21H37N3O4. The van der Waals surface area contributed by atoms with Gasteiger partial charge in [-0.15, -0.1) is 0 Å². The molecule has 0 aliphatic carbocycles. The number of methoxy groups -OCH3 is 1. The van der Waals surface area contributed by atoms with E-state index in [0.717, 1.165) is 13.0 Å². The third-order valence-electron chi connectivity index (χ3n) is 5.73. The van der Waals surface area contributed by atoms with Gasteiger partial charge in [-0.1, -0.05) is 27.7 Å². The summed E-state index contributed by atoms with van der Waals surface area (Å²) in [5, 5.41) is 3.31. The molecule has 0 saturated carbocycles. The van der Waals surface area contributed by atoms with Crippen LogP contribution in [0.2, 0.25) is 0 Å². The number of piperazine rings is 1. The molecule has 2 fully saturated rings. The number of esters is 1. The van der Waals surface area contributed by atoms with Gasteiger partial charge in [-0.2, -0.15) is 0 Å². The zero-order valence-electron chi connectivity index (χ0n) is 18.1. The number of carbonyl (C=O) groups excluding carboxylic acids is 3. The highest BCUT2D eigenvalue weighted by Gasteiger charge is 2.39. The molecule has 1 N–H and O–H groups in total. The molecule has 0 aromatic carbocycles. The summed E-state index contributed by atoms with van der Waals surface area (Å²) in [4.78, 5) is 41.8. The number of amides is 2. The van der Waals surface area contributed by atoms with Crippen molar-refractivity contribution in [3.63, 3.8) is 0 Å². The average molecular weight is 396 g/mol. The summed E-state index contributed by atoms with van der Waals surface area (Å²) in [5.74, 6) is 0.471. The Labute approximate surface area is 169 Å². The minimum Gasteiger partial charge on any atom is -0.469 e. The Hall–Kier alpha value is -1.63. The second-order valence-electron chi connectivity index (χ2n) is 8.94. The van der Waals surface area contributed by atoms with Gasteiger partial charge in [-0.25, -0.2) is 0 Å². The van der Waals surface area contributed by atoms with Crippen molar-refractivity contribution in [2.75, 3.05) is 33.3 Å². The lowest BCUT2D eigenvalue weighted by atomic mass is 9.94. The largest absolute Gasteiger partial charge is 0.469 e. The van der Waals surface area contributed by atoms with Gasteiger partial charge in [-0.3, -0.25) is 14.4 Å². The van der Waals surface area contributed by atoms with Crippen LogP contribution in [-0.2, 0) is 19.1 Å². The van der Waals surface area contributed by atoms with Gasteiger partial charge in [0.05, 0.1) is 19.1 Å². The van der Waals surface area contributed by atoms with E-state index in [1.54, 1.807) is 4.90 Å². The molecule has 2 aliphatic rings. The Morgan fingerprint density at radius 1 is 1.11 bits per heavy atom. The van der Waals surface area contributed by atoms with Crippen LogP contribution in [0.3, 0.4) is 0 Å². The minimum atomic E-state index is -0.418. The molecule has 2 heterocycles. The van der Waals surface area contributed by atoms with Gasteiger partial charge in [0.1, 0.15) is 6.04 Å². The number of likely N-dealkylation sites (tertiary alicyclic amines) is 1. The number of hydrogen-bond donors (Lipinski definition) is 1. The number of piperidine rings is 1. The fraction of sp³-hybridized carbons (Fsp3) is 0.857. The lowest BCUT2D eigenvalue weighted by molar-refractivity contribution is -0.153. The van der Waals surface area contributed by atoms with Gasteiger partial charge >= 0.3 is 5.97 Å². The third kappa shape index (κ3) is 5.69. The van der Waals surface area contributed by atoms with E-state index in [1.165, 1.54) is 7.11 Å². The van der Waals surface area contributed by atoms with Gasteiger partial charge in [0.15, 0.2) is 0 Å². The van der Waals surface area contributed by atoms with Gasteiger partial charge in [0, 0.05) is 26.2 Å². The maximum absolute atomic E-state index is 13.3. The van der Waals surface area contributed by atoms with Crippen LogP contribution in [0.15, 0.2) is 0 Å². The van der Waals surface area contributed by atoms with E-state index in [2.05, 4.69) is 33.0 Å². The van der Waals surface area contributed by atoms with Crippen LogP contribution in [0, 0.1) is 17.8 Å². The third-order valence-corrected chi connectivity index (χ3v) is 5.73. The van der Waals surface area contributed by atoms with Crippen molar-refractivity contribution in [2.24, 2.45) is 17.8 Å². The molecule has 7 heteroatoms. The molecule has 0 bridgehead atoms. The number of rotatable bonds is 7. The second kappa shape index (κ2) is 10.2. The molecule has 2 atom stereocenters. The van der Waals surface area contributed by atoms with Crippen molar-refractivity contribution in [3.8, 4) is 0 Å². The molecule has 1 unspecified atom stereocenters. The Morgan fingerprint density at radius 3 is 2.29 bits per heavy atom. The van der Waals surface area contributed by atoms with E-state index >= 15 is 0 Å². The summed E-state index contributed by atoms with van der Waals surface area (Å²) in [6.45, 7) is 10.8. The average Bonchev–Trinajstić information content (AvgIpc) is 2.66. The van der Waals surface area contributed by atoms with Gasteiger partial charge in [-0.05, 0) is 37.5 Å². The number of nitrogens with zero attached hydrogens (tertiary/aromatic N) is 2. The van der Waals surface area contributed by atoms with Crippen molar-refractivity contribution in [3.05, 3.63) is 0 Å². The molecule has 2 amide bonds. The van der Waals surface area contributed by atoms with E-state index in [4.69, 9.17) is 4.74 Å². The summed E-state index contributed by atoms with van der Waals surface area (Å²) >= 11 is 0. The predicted molar refractivity (Wildman–Crippen MR) is 108 cm³/mol. The number of carbonyl (C=O) groups is 3. The summed E-state index contributed by atoms with van der Waals surface area (Å²) in [6.07, 6.45) is 2.69. The van der Waals surface area contributed by atoms with Crippen molar-refractivity contribution >= 4 is 17.8 Å². The standard InChI is InChI=1S/C21H37N3O4/c1-14(2)12-17-19(25)24(11-8-22-17)18(13-15(3)4)20(26)23-9-6-16(7-10-23)21(27)28-5/h14-18,22H,6-13H2,1-5H3/t17-,18?/m0/s1. The van der Waals surface area contributed by atoms with E-state index < -0.39 is 6.04 Å². The van der Waals surface area contributed by atoms with Crippen LogP contribution in [0.4, 0.5) is 0 Å². The highest BCUT2D eigenvalue weighted by molar-refractivity contribution is 5.90. The summed E-state index contributed by atoms with van der Waals surface area (Å²) < 4.78 is 4.84.